The van der Waals surface area contributed by atoms with Gasteiger partial charge in [-0.05, 0) is 19.8 Å². The fourth-order valence-electron chi connectivity index (χ4n) is 0.868. The summed E-state index contributed by atoms with van der Waals surface area (Å²) in [7, 11) is 0. The molecule has 0 aromatic rings. The van der Waals surface area contributed by atoms with Crippen molar-refractivity contribution < 1.29 is 4.74 Å². The summed E-state index contributed by atoms with van der Waals surface area (Å²) >= 11 is 0. The van der Waals surface area contributed by atoms with Crippen molar-refractivity contribution in [1.29, 1.82) is 0 Å². The highest BCUT2D eigenvalue weighted by molar-refractivity contribution is 5.64. The van der Waals surface area contributed by atoms with E-state index in [1.807, 2.05) is 13.0 Å². The van der Waals surface area contributed by atoms with Crippen LogP contribution < -0.4 is 0 Å². The van der Waals surface area contributed by atoms with Gasteiger partial charge in [-0.3, -0.25) is 4.99 Å². The molecule has 0 spiro atoms. The highest BCUT2D eigenvalue weighted by Crippen LogP contribution is 1.98. The molecule has 0 saturated carbocycles. The molecule has 2 heteroatoms. The third-order valence-electron chi connectivity index (χ3n) is 1.50. The molecule has 13 heavy (non-hydrogen) atoms. The molecule has 0 heterocycles. The second-order valence-electron chi connectivity index (χ2n) is 2.69. The van der Waals surface area contributed by atoms with Gasteiger partial charge >= 0.3 is 0 Å². The molecule has 2 nitrogen and oxygen atoms in total. The van der Waals surface area contributed by atoms with E-state index < -0.39 is 0 Å². The van der Waals surface area contributed by atoms with Crippen molar-refractivity contribution >= 4 is 6.21 Å². The molecule has 0 bridgehead atoms. The van der Waals surface area contributed by atoms with Gasteiger partial charge in [-0.2, -0.15) is 0 Å². The number of rotatable bonds is 7. The average molecular weight is 181 g/mol. The molecule has 0 saturated heterocycles. The number of allylic oxidation sites excluding steroid dienone is 1. The van der Waals surface area contributed by atoms with E-state index in [9.17, 15) is 0 Å². The quantitative estimate of drug-likeness (QED) is 0.437. The van der Waals surface area contributed by atoms with Crippen LogP contribution in [0.2, 0.25) is 0 Å². The van der Waals surface area contributed by atoms with Crippen LogP contribution in [-0.4, -0.2) is 18.9 Å². The van der Waals surface area contributed by atoms with Gasteiger partial charge in [0.2, 0.25) is 0 Å². The van der Waals surface area contributed by atoms with E-state index >= 15 is 0 Å². The van der Waals surface area contributed by atoms with Crippen LogP contribution in [0.3, 0.4) is 0 Å². The Labute approximate surface area is 81.0 Å². The monoisotopic (exact) mass is 181 g/mol. The molecule has 74 valence electrons. The molecule has 0 aliphatic rings. The fourth-order valence-corrected chi connectivity index (χ4v) is 0.868. The second kappa shape index (κ2) is 9.20. The lowest BCUT2D eigenvalue weighted by Gasteiger charge is -2.09. The van der Waals surface area contributed by atoms with Crippen molar-refractivity contribution in [2.24, 2.45) is 4.99 Å². The Kier molecular flexibility index (Phi) is 8.57. The number of aliphatic imine (C=N–C) groups is 1. The molecular weight excluding hydrogens is 162 g/mol. The number of hydrogen-bond donors (Lipinski definition) is 0. The first kappa shape index (κ1) is 12.1. The maximum atomic E-state index is 5.55. The first-order valence-electron chi connectivity index (χ1n) is 4.72. The number of nitrogens with zero attached hydrogens (tertiary/aromatic N) is 1. The highest BCUT2D eigenvalue weighted by atomic mass is 16.5. The normalized spacial score (nSPS) is 14.0. The SMILES string of the molecule is C=CN=CC(C/C=C\C)OCCC. The van der Waals surface area contributed by atoms with Gasteiger partial charge in [0, 0.05) is 19.0 Å². The summed E-state index contributed by atoms with van der Waals surface area (Å²) in [6.45, 7) is 8.40. The van der Waals surface area contributed by atoms with E-state index in [1.165, 1.54) is 6.20 Å². The minimum Gasteiger partial charge on any atom is -0.372 e. The largest absolute Gasteiger partial charge is 0.372 e. The smallest absolute Gasteiger partial charge is 0.0960 e. The summed E-state index contributed by atoms with van der Waals surface area (Å²) in [6, 6.07) is 0. The van der Waals surface area contributed by atoms with Crippen LogP contribution in [0.4, 0.5) is 0 Å². The summed E-state index contributed by atoms with van der Waals surface area (Å²) in [5.74, 6) is 0. The zero-order valence-corrected chi connectivity index (χ0v) is 8.57. The van der Waals surface area contributed by atoms with Gasteiger partial charge in [0.1, 0.15) is 0 Å². The van der Waals surface area contributed by atoms with Crippen molar-refractivity contribution in [3.8, 4) is 0 Å². The van der Waals surface area contributed by atoms with E-state index in [2.05, 4.69) is 24.6 Å². The summed E-state index contributed by atoms with van der Waals surface area (Å²) in [4.78, 5) is 3.96. The first-order chi connectivity index (χ1) is 6.35. The lowest BCUT2D eigenvalue weighted by molar-refractivity contribution is 0.103. The van der Waals surface area contributed by atoms with E-state index in [-0.39, 0.29) is 6.10 Å². The van der Waals surface area contributed by atoms with Gasteiger partial charge in [-0.15, -0.1) is 0 Å². The number of ether oxygens (including phenoxy) is 1. The Hall–Kier alpha value is -0.890. The summed E-state index contributed by atoms with van der Waals surface area (Å²) in [6.07, 6.45) is 9.43. The molecule has 0 aromatic heterocycles. The maximum absolute atomic E-state index is 5.55. The minimum absolute atomic E-state index is 0.0918. The maximum Gasteiger partial charge on any atom is 0.0960 e. The molecule has 0 N–H and O–H groups in total. The molecule has 0 amide bonds. The van der Waals surface area contributed by atoms with Crippen molar-refractivity contribution in [2.75, 3.05) is 6.61 Å². The highest BCUT2D eigenvalue weighted by Gasteiger charge is 2.01. The third-order valence-corrected chi connectivity index (χ3v) is 1.50. The summed E-state index contributed by atoms with van der Waals surface area (Å²) < 4.78 is 5.55. The van der Waals surface area contributed by atoms with Gasteiger partial charge in [-0.25, -0.2) is 0 Å². The van der Waals surface area contributed by atoms with Gasteiger partial charge in [-0.1, -0.05) is 25.7 Å². The Morgan fingerprint density at radius 3 is 2.85 bits per heavy atom. The summed E-state index contributed by atoms with van der Waals surface area (Å²) in [5.41, 5.74) is 0. The van der Waals surface area contributed by atoms with E-state index in [0.29, 0.717) is 0 Å². The molecule has 0 aromatic carbocycles. The van der Waals surface area contributed by atoms with Crippen molar-refractivity contribution in [1.82, 2.24) is 0 Å². The van der Waals surface area contributed by atoms with Gasteiger partial charge in [0.15, 0.2) is 0 Å². The van der Waals surface area contributed by atoms with Crippen LogP contribution >= 0.6 is 0 Å². The predicted molar refractivity (Wildman–Crippen MR) is 58.2 cm³/mol. The van der Waals surface area contributed by atoms with Crippen molar-refractivity contribution in [3.63, 3.8) is 0 Å². The van der Waals surface area contributed by atoms with Gasteiger partial charge in [0.05, 0.1) is 6.10 Å². The Bertz CT molecular complexity index is 173. The van der Waals surface area contributed by atoms with Crippen LogP contribution in [0.15, 0.2) is 29.9 Å². The lowest BCUT2D eigenvalue weighted by Crippen LogP contribution is -2.14. The molecule has 0 fully saturated rings. The lowest BCUT2D eigenvalue weighted by atomic mass is 10.2. The van der Waals surface area contributed by atoms with E-state index in [0.717, 1.165) is 19.4 Å². The van der Waals surface area contributed by atoms with Gasteiger partial charge < -0.3 is 4.74 Å². The Balaban J connectivity index is 3.86. The molecular formula is C11H19NO. The molecule has 1 atom stereocenters. The molecule has 0 aliphatic heterocycles. The van der Waals surface area contributed by atoms with Crippen LogP contribution in [0.25, 0.3) is 0 Å². The molecule has 0 radical (unpaired) electrons. The Morgan fingerprint density at radius 2 is 2.31 bits per heavy atom. The predicted octanol–water partition coefficient (Wildman–Crippen LogP) is 2.96. The van der Waals surface area contributed by atoms with Crippen LogP contribution in [0.5, 0.6) is 0 Å². The second-order valence-corrected chi connectivity index (χ2v) is 2.69. The van der Waals surface area contributed by atoms with Crippen LogP contribution in [-0.2, 0) is 4.74 Å². The standard InChI is InChI=1S/C11H19NO/c1-4-7-8-11(10-12-6-3)13-9-5-2/h4,6-7,10-11H,3,5,8-9H2,1-2H3/b7-4-,12-10?. The number of hydrogen-bond acceptors (Lipinski definition) is 2. The van der Waals surface area contributed by atoms with Crippen molar-refractivity contribution in [2.45, 2.75) is 32.8 Å². The first-order valence-corrected chi connectivity index (χ1v) is 4.72. The molecule has 0 aliphatic carbocycles. The average Bonchev–Trinajstić information content (AvgIpc) is 2.17. The zero-order valence-electron chi connectivity index (χ0n) is 8.57. The minimum atomic E-state index is 0.0918. The Morgan fingerprint density at radius 1 is 1.54 bits per heavy atom. The van der Waals surface area contributed by atoms with Crippen LogP contribution in [0.1, 0.15) is 26.7 Å². The zero-order chi connectivity index (χ0) is 9.94. The van der Waals surface area contributed by atoms with E-state index in [1.54, 1.807) is 6.21 Å². The molecule has 0 rings (SSSR count). The topological polar surface area (TPSA) is 21.6 Å². The molecule has 1 unspecified atom stereocenters. The summed E-state index contributed by atoms with van der Waals surface area (Å²) in [5, 5.41) is 0. The van der Waals surface area contributed by atoms with Crippen molar-refractivity contribution in [3.05, 3.63) is 24.9 Å². The van der Waals surface area contributed by atoms with E-state index in [4.69, 9.17) is 4.74 Å². The third kappa shape index (κ3) is 7.47. The fraction of sp³-hybridized carbons (Fsp3) is 0.545. The van der Waals surface area contributed by atoms with Gasteiger partial charge in [0.25, 0.3) is 0 Å². The van der Waals surface area contributed by atoms with Crippen LogP contribution in [0, 0.1) is 0 Å².